The molecule has 1 aliphatic rings. The summed E-state index contributed by atoms with van der Waals surface area (Å²) in [4.78, 5) is 48.0. The number of esters is 4. The van der Waals surface area contributed by atoms with Gasteiger partial charge in [-0.1, -0.05) is 5.11 Å². The van der Waals surface area contributed by atoms with Crippen LogP contribution in [-0.4, -0.2) is 61.1 Å². The molecule has 0 N–H and O–H groups in total. The van der Waals surface area contributed by atoms with Crippen LogP contribution >= 0.6 is 0 Å². The largest absolute Gasteiger partial charge is 0.463 e. The summed E-state index contributed by atoms with van der Waals surface area (Å²) in [7, 11) is 0. The maximum Gasteiger partial charge on any atom is 0.303 e. The second kappa shape index (κ2) is 9.59. The lowest BCUT2D eigenvalue weighted by atomic mass is 9.97. The molecule has 5 atom stereocenters. The Morgan fingerprint density at radius 1 is 0.885 bits per heavy atom. The van der Waals surface area contributed by atoms with Gasteiger partial charge in [-0.3, -0.25) is 19.2 Å². The van der Waals surface area contributed by atoms with E-state index < -0.39 is 54.5 Å². The quantitative estimate of drug-likeness (QED) is 0.210. The number of hydrogen-bond acceptors (Lipinski definition) is 10. The number of hydrogen-bond donors (Lipinski definition) is 0. The normalized spacial score (nSPS) is 27.5. The molecule has 0 aromatic heterocycles. The summed E-state index contributed by atoms with van der Waals surface area (Å²) in [6.45, 7) is 4.06. The van der Waals surface area contributed by atoms with Gasteiger partial charge >= 0.3 is 23.9 Å². The molecular weight excluding hydrogens is 354 g/mol. The van der Waals surface area contributed by atoms with Crippen LogP contribution in [0.15, 0.2) is 5.11 Å². The van der Waals surface area contributed by atoms with Gasteiger partial charge in [0.2, 0.25) is 0 Å². The zero-order valence-corrected chi connectivity index (χ0v) is 14.6. The number of carbonyl (C=O) groups is 4. The third-order valence-electron chi connectivity index (χ3n) is 3.13. The van der Waals surface area contributed by atoms with E-state index in [-0.39, 0.29) is 6.61 Å². The number of azide groups is 1. The molecule has 12 heteroatoms. The van der Waals surface area contributed by atoms with Gasteiger partial charge < -0.3 is 23.7 Å². The Kier molecular flexibility index (Phi) is 7.81. The number of nitrogens with zero attached hydrogens (tertiary/aromatic N) is 3. The zero-order chi connectivity index (χ0) is 19.9. The van der Waals surface area contributed by atoms with Gasteiger partial charge in [0, 0.05) is 32.6 Å². The van der Waals surface area contributed by atoms with Crippen molar-refractivity contribution in [1.82, 2.24) is 0 Å². The molecule has 0 bridgehead atoms. The van der Waals surface area contributed by atoms with Crippen LogP contribution in [0.4, 0.5) is 0 Å². The minimum atomic E-state index is -1.40. The maximum absolute atomic E-state index is 11.5. The maximum atomic E-state index is 11.5. The Hall–Kier alpha value is -2.85. The fourth-order valence-corrected chi connectivity index (χ4v) is 2.35. The lowest BCUT2D eigenvalue weighted by molar-refractivity contribution is -0.251. The van der Waals surface area contributed by atoms with Crippen molar-refractivity contribution >= 4 is 23.9 Å². The lowest BCUT2D eigenvalue weighted by Crippen LogP contribution is -2.61. The molecule has 0 spiro atoms. The highest BCUT2D eigenvalue weighted by atomic mass is 16.7. The topological polar surface area (TPSA) is 163 Å². The van der Waals surface area contributed by atoms with Crippen LogP contribution in [-0.2, 0) is 42.9 Å². The van der Waals surface area contributed by atoms with Crippen LogP contribution in [0.5, 0.6) is 0 Å². The van der Waals surface area contributed by atoms with Crippen molar-refractivity contribution in [2.45, 2.75) is 58.3 Å². The van der Waals surface area contributed by atoms with Crippen molar-refractivity contribution in [1.29, 1.82) is 0 Å². The van der Waals surface area contributed by atoms with Gasteiger partial charge in [-0.05, 0) is 5.53 Å². The molecule has 144 valence electrons. The fraction of sp³-hybridized carbons (Fsp3) is 0.714. The predicted molar refractivity (Wildman–Crippen MR) is 81.1 cm³/mol. The molecule has 0 unspecified atom stereocenters. The summed E-state index contributed by atoms with van der Waals surface area (Å²) in [5, 5.41) is 3.38. The molecule has 1 rings (SSSR count). The SMILES string of the molecule is CC(=O)OC[C@@H]1O[C@H](N=[N+]=[N-])[C@@H](OC(C)=O)[C@H](OC(C)=O)[C@@H]1OC(C)=O. The summed E-state index contributed by atoms with van der Waals surface area (Å²) >= 11 is 0. The van der Waals surface area contributed by atoms with Crippen LogP contribution in [0.3, 0.4) is 0 Å². The van der Waals surface area contributed by atoms with Crippen molar-refractivity contribution in [3.8, 4) is 0 Å². The van der Waals surface area contributed by atoms with E-state index in [1.807, 2.05) is 0 Å². The lowest BCUT2D eigenvalue weighted by Gasteiger charge is -2.43. The van der Waals surface area contributed by atoms with Gasteiger partial charge in [-0.25, -0.2) is 0 Å². The number of ether oxygens (including phenoxy) is 5. The molecule has 0 amide bonds. The monoisotopic (exact) mass is 373 g/mol. The highest BCUT2D eigenvalue weighted by Crippen LogP contribution is 2.29. The number of rotatable bonds is 6. The fourth-order valence-electron chi connectivity index (χ4n) is 2.35. The summed E-state index contributed by atoms with van der Waals surface area (Å²) in [5.41, 5.74) is 8.71. The van der Waals surface area contributed by atoms with Gasteiger partial charge in [-0.15, -0.1) is 0 Å². The highest BCUT2D eigenvalue weighted by Gasteiger charge is 2.51. The molecular formula is C14H19N3O9. The first-order valence-corrected chi connectivity index (χ1v) is 7.50. The molecule has 0 saturated carbocycles. The molecule has 0 radical (unpaired) electrons. The Morgan fingerprint density at radius 3 is 1.85 bits per heavy atom. The Balaban J connectivity index is 3.28. The smallest absolute Gasteiger partial charge is 0.303 e. The second-order valence-electron chi connectivity index (χ2n) is 5.29. The first kappa shape index (κ1) is 21.2. The molecule has 1 fully saturated rings. The van der Waals surface area contributed by atoms with Crippen molar-refractivity contribution in [2.75, 3.05) is 6.61 Å². The minimum Gasteiger partial charge on any atom is -0.463 e. The van der Waals surface area contributed by atoms with Crippen LogP contribution in [0.1, 0.15) is 27.7 Å². The molecule has 1 aliphatic heterocycles. The van der Waals surface area contributed by atoms with E-state index in [1.54, 1.807) is 0 Å². The van der Waals surface area contributed by atoms with E-state index in [0.29, 0.717) is 0 Å². The van der Waals surface area contributed by atoms with Crippen molar-refractivity contribution < 1.29 is 42.9 Å². The summed E-state index contributed by atoms with van der Waals surface area (Å²) in [6, 6.07) is 0. The minimum absolute atomic E-state index is 0.380. The van der Waals surface area contributed by atoms with E-state index in [0.717, 1.165) is 27.7 Å². The van der Waals surface area contributed by atoms with Crippen LogP contribution in [0, 0.1) is 0 Å². The average Bonchev–Trinajstić information content (AvgIpc) is 2.50. The van der Waals surface area contributed by atoms with E-state index in [2.05, 4.69) is 10.0 Å². The molecule has 26 heavy (non-hydrogen) atoms. The van der Waals surface area contributed by atoms with Gasteiger partial charge in [0.25, 0.3) is 0 Å². The third kappa shape index (κ3) is 6.22. The Bertz CT molecular complexity index is 617. The Morgan fingerprint density at radius 2 is 1.38 bits per heavy atom. The molecule has 1 saturated heterocycles. The molecule has 12 nitrogen and oxygen atoms in total. The van der Waals surface area contributed by atoms with E-state index in [9.17, 15) is 19.2 Å². The Labute approximate surface area is 148 Å². The molecule has 0 aromatic carbocycles. The summed E-state index contributed by atoms with van der Waals surface area (Å²) in [5.74, 6) is -2.92. The number of carbonyl (C=O) groups excluding carboxylic acids is 4. The van der Waals surface area contributed by atoms with Crippen molar-refractivity contribution in [3.05, 3.63) is 10.4 Å². The molecule has 0 aliphatic carbocycles. The third-order valence-corrected chi connectivity index (χ3v) is 3.13. The molecule has 1 heterocycles. The van der Waals surface area contributed by atoms with Crippen molar-refractivity contribution in [3.63, 3.8) is 0 Å². The van der Waals surface area contributed by atoms with Gasteiger partial charge in [0.15, 0.2) is 24.5 Å². The van der Waals surface area contributed by atoms with Gasteiger partial charge in [-0.2, -0.15) is 0 Å². The molecule has 0 aromatic rings. The standard InChI is InChI=1S/C14H19N3O9/c1-6(18)22-5-10-11(23-7(2)19)12(24-8(3)20)13(25-9(4)21)14(26-10)16-17-15/h10-14H,5H2,1-4H3/t10-,11+,12+,13-,14-/m0/s1. The van der Waals surface area contributed by atoms with Crippen LogP contribution in [0.25, 0.3) is 10.4 Å². The van der Waals surface area contributed by atoms with Gasteiger partial charge in [0.1, 0.15) is 12.7 Å². The zero-order valence-electron chi connectivity index (χ0n) is 14.6. The second-order valence-corrected chi connectivity index (χ2v) is 5.29. The summed E-state index contributed by atoms with van der Waals surface area (Å²) in [6.07, 6.45) is -6.52. The van der Waals surface area contributed by atoms with Crippen LogP contribution < -0.4 is 0 Å². The first-order valence-electron chi connectivity index (χ1n) is 7.50. The summed E-state index contributed by atoms with van der Waals surface area (Å²) < 4.78 is 25.6. The van der Waals surface area contributed by atoms with E-state index in [4.69, 9.17) is 29.2 Å². The van der Waals surface area contributed by atoms with Crippen LogP contribution in [0.2, 0.25) is 0 Å². The van der Waals surface area contributed by atoms with Crippen molar-refractivity contribution in [2.24, 2.45) is 5.11 Å². The van der Waals surface area contributed by atoms with Gasteiger partial charge in [0.05, 0.1) is 0 Å². The van der Waals surface area contributed by atoms with E-state index in [1.165, 1.54) is 0 Å². The van der Waals surface area contributed by atoms with E-state index >= 15 is 0 Å². The highest BCUT2D eigenvalue weighted by molar-refractivity contribution is 5.68. The first-order chi connectivity index (χ1) is 12.1. The predicted octanol–water partition coefficient (Wildman–Crippen LogP) is 0.380. The average molecular weight is 373 g/mol.